The van der Waals surface area contributed by atoms with Crippen molar-refractivity contribution in [3.05, 3.63) is 103 Å². The molecule has 0 saturated heterocycles. The number of carbonyl (C=O) groups excluding carboxylic acids is 4. The fraction of sp³-hybridized carbons (Fsp3) is 0.235. The first-order chi connectivity index (χ1) is 22.9. The van der Waals surface area contributed by atoms with E-state index in [1.165, 1.54) is 12.1 Å². The standard InChI is InChI=1S/C34H30N8O6/c1-15-11-27(43)35-25-13-19(5-7-21(15)25)39-41-29-17(3)23(31(45)37-33(29)47)9-10-24-18(4)30(34(48)38-32(24)46)42-40-20-6-8-22-16(2)12-28(44)36-26(22)14-20/h5-8,11-14,29-30H,9-10H2,1-4H3,(H,35,43)(H,36,44)(H,37,45,47)(H,38,46,48). The van der Waals surface area contributed by atoms with E-state index in [-0.39, 0.29) is 35.1 Å². The maximum Gasteiger partial charge on any atom is 0.257 e. The molecule has 4 heterocycles. The van der Waals surface area contributed by atoms with E-state index in [0.717, 1.165) is 21.9 Å². The Morgan fingerprint density at radius 2 is 0.958 bits per heavy atom. The number of benzene rings is 2. The van der Waals surface area contributed by atoms with Gasteiger partial charge < -0.3 is 9.97 Å². The van der Waals surface area contributed by atoms with Crippen molar-refractivity contribution in [1.29, 1.82) is 0 Å². The highest BCUT2D eigenvalue weighted by molar-refractivity contribution is 6.12. The Morgan fingerprint density at radius 3 is 1.35 bits per heavy atom. The van der Waals surface area contributed by atoms with Crippen LogP contribution in [0.3, 0.4) is 0 Å². The molecule has 0 saturated carbocycles. The average Bonchev–Trinajstić information content (AvgIpc) is 3.01. The van der Waals surface area contributed by atoms with E-state index in [1.807, 2.05) is 13.8 Å². The summed E-state index contributed by atoms with van der Waals surface area (Å²) in [7, 11) is 0. The number of amides is 4. The highest BCUT2D eigenvalue weighted by Gasteiger charge is 2.35. The van der Waals surface area contributed by atoms with Crippen LogP contribution in [-0.4, -0.2) is 45.7 Å². The van der Waals surface area contributed by atoms with Gasteiger partial charge in [-0.15, -0.1) is 0 Å². The first-order valence-electron chi connectivity index (χ1n) is 15.1. The molecule has 2 unspecified atom stereocenters. The number of pyridine rings is 2. The summed E-state index contributed by atoms with van der Waals surface area (Å²) in [5, 5.41) is 23.1. The van der Waals surface area contributed by atoms with Crippen LogP contribution in [0.5, 0.6) is 0 Å². The molecule has 0 radical (unpaired) electrons. The highest BCUT2D eigenvalue weighted by atomic mass is 16.2. The van der Waals surface area contributed by atoms with Crippen LogP contribution in [0.15, 0.2) is 101 Å². The number of fused-ring (bicyclic) bond motifs is 2. The number of aryl methyl sites for hydroxylation is 2. The summed E-state index contributed by atoms with van der Waals surface area (Å²) in [5.41, 5.74) is 4.34. The molecule has 0 aliphatic carbocycles. The van der Waals surface area contributed by atoms with E-state index in [9.17, 15) is 28.8 Å². The van der Waals surface area contributed by atoms with Gasteiger partial charge in [-0.05, 0) is 87.1 Å². The number of aromatic nitrogens is 2. The summed E-state index contributed by atoms with van der Waals surface area (Å²) in [5.74, 6) is -2.48. The SMILES string of the molecule is CC1=C(CCC2=C(C)C(N=Nc3ccc4c(C)cc(=O)[nH]c4c3)C(=O)NC2=O)C(=O)NC(=O)C1N=Nc1ccc2c(C)cc(=O)[nH]c2c1. The first-order valence-corrected chi connectivity index (χ1v) is 15.1. The average molecular weight is 647 g/mol. The molecule has 0 bridgehead atoms. The first kappa shape index (κ1) is 31.8. The van der Waals surface area contributed by atoms with Crippen LogP contribution in [0, 0.1) is 13.8 Å². The number of hydrogen-bond donors (Lipinski definition) is 4. The minimum Gasteiger partial charge on any atom is -0.322 e. The van der Waals surface area contributed by atoms with Crippen molar-refractivity contribution in [3.8, 4) is 0 Å². The fourth-order valence-corrected chi connectivity index (χ4v) is 5.96. The Labute approximate surface area is 272 Å². The Hall–Kier alpha value is -6.18. The Bertz CT molecular complexity index is 2160. The van der Waals surface area contributed by atoms with Crippen molar-refractivity contribution in [2.24, 2.45) is 20.5 Å². The zero-order valence-electron chi connectivity index (χ0n) is 26.4. The second-order valence-corrected chi connectivity index (χ2v) is 11.8. The predicted molar refractivity (Wildman–Crippen MR) is 176 cm³/mol. The number of H-pyrrole nitrogens is 2. The minimum atomic E-state index is -1.09. The molecule has 2 aliphatic rings. The third kappa shape index (κ3) is 6.15. The molecule has 242 valence electrons. The Morgan fingerprint density at radius 1 is 0.562 bits per heavy atom. The molecule has 2 aromatic heterocycles. The molecule has 4 amide bonds. The molecular weight excluding hydrogens is 616 g/mol. The van der Waals surface area contributed by atoms with Gasteiger partial charge in [0.25, 0.3) is 23.6 Å². The van der Waals surface area contributed by atoms with Crippen molar-refractivity contribution in [3.63, 3.8) is 0 Å². The second kappa shape index (κ2) is 12.5. The van der Waals surface area contributed by atoms with Gasteiger partial charge >= 0.3 is 0 Å². The lowest BCUT2D eigenvalue weighted by atomic mass is 9.89. The highest BCUT2D eigenvalue weighted by Crippen LogP contribution is 2.29. The van der Waals surface area contributed by atoms with Crippen molar-refractivity contribution < 1.29 is 19.2 Å². The Kier molecular flexibility index (Phi) is 8.31. The lowest BCUT2D eigenvalue weighted by Crippen LogP contribution is -2.45. The summed E-state index contributed by atoms with van der Waals surface area (Å²) < 4.78 is 0. The van der Waals surface area contributed by atoms with Crippen LogP contribution >= 0.6 is 0 Å². The number of nitrogens with one attached hydrogen (secondary N) is 4. The van der Waals surface area contributed by atoms with Crippen LogP contribution in [0.25, 0.3) is 21.8 Å². The third-order valence-electron chi connectivity index (χ3n) is 8.56. The van der Waals surface area contributed by atoms with E-state index < -0.39 is 35.7 Å². The van der Waals surface area contributed by atoms with Crippen LogP contribution in [0.4, 0.5) is 11.4 Å². The molecular formula is C34H30N8O6. The summed E-state index contributed by atoms with van der Waals surface area (Å²) in [4.78, 5) is 80.6. The second-order valence-electron chi connectivity index (χ2n) is 11.8. The van der Waals surface area contributed by atoms with Gasteiger partial charge in [-0.25, -0.2) is 0 Å². The molecule has 14 heteroatoms. The summed E-state index contributed by atoms with van der Waals surface area (Å²) >= 11 is 0. The number of nitrogens with zero attached hydrogens (tertiary/aromatic N) is 4. The molecule has 14 nitrogen and oxygen atoms in total. The molecule has 2 aromatic carbocycles. The van der Waals surface area contributed by atoms with Crippen molar-refractivity contribution in [1.82, 2.24) is 20.6 Å². The smallest absolute Gasteiger partial charge is 0.257 e. The van der Waals surface area contributed by atoms with Gasteiger partial charge in [0.1, 0.15) is 0 Å². The third-order valence-corrected chi connectivity index (χ3v) is 8.56. The van der Waals surface area contributed by atoms with Gasteiger partial charge in [0, 0.05) is 34.1 Å². The van der Waals surface area contributed by atoms with Crippen LogP contribution in [-0.2, 0) is 19.2 Å². The van der Waals surface area contributed by atoms with Crippen LogP contribution in [0.2, 0.25) is 0 Å². The number of rotatable bonds is 7. The zero-order chi connectivity index (χ0) is 34.3. The van der Waals surface area contributed by atoms with Crippen molar-refractivity contribution in [2.75, 3.05) is 0 Å². The largest absolute Gasteiger partial charge is 0.322 e. The van der Waals surface area contributed by atoms with E-state index in [1.54, 1.807) is 50.2 Å². The predicted octanol–water partition coefficient (Wildman–Crippen LogP) is 4.32. The van der Waals surface area contributed by atoms with Crippen molar-refractivity contribution >= 4 is 56.8 Å². The molecule has 0 fully saturated rings. The normalized spacial score (nSPS) is 18.9. The van der Waals surface area contributed by atoms with Gasteiger partial charge in [0.05, 0.1) is 22.4 Å². The number of aromatic amines is 2. The lowest BCUT2D eigenvalue weighted by Gasteiger charge is -2.24. The summed E-state index contributed by atoms with van der Waals surface area (Å²) in [6.45, 7) is 6.87. The van der Waals surface area contributed by atoms with Crippen LogP contribution in [0.1, 0.15) is 37.8 Å². The van der Waals surface area contributed by atoms with Gasteiger partial charge in [0.2, 0.25) is 11.1 Å². The number of azo groups is 2. The minimum absolute atomic E-state index is 0.0724. The maximum atomic E-state index is 12.9. The van der Waals surface area contributed by atoms with Crippen molar-refractivity contribution in [2.45, 2.75) is 52.6 Å². The fourth-order valence-electron chi connectivity index (χ4n) is 5.96. The zero-order valence-corrected chi connectivity index (χ0v) is 26.4. The number of hydrogen-bond acceptors (Lipinski definition) is 10. The van der Waals surface area contributed by atoms with Gasteiger partial charge in [-0.3, -0.25) is 39.4 Å². The molecule has 48 heavy (non-hydrogen) atoms. The van der Waals surface area contributed by atoms with E-state index in [2.05, 4.69) is 41.1 Å². The molecule has 2 atom stereocenters. The number of carbonyl (C=O) groups is 4. The van der Waals surface area contributed by atoms with Gasteiger partial charge in [0.15, 0.2) is 12.1 Å². The summed E-state index contributed by atoms with van der Waals surface area (Å²) in [6.07, 6.45) is 0.145. The van der Waals surface area contributed by atoms with E-state index >= 15 is 0 Å². The quantitative estimate of drug-likeness (QED) is 0.170. The maximum absolute atomic E-state index is 12.9. The van der Waals surface area contributed by atoms with Gasteiger partial charge in [-0.2, -0.15) is 20.5 Å². The molecule has 4 aromatic rings. The topological polar surface area (TPSA) is 207 Å². The van der Waals surface area contributed by atoms with Gasteiger partial charge in [-0.1, -0.05) is 12.1 Å². The van der Waals surface area contributed by atoms with Crippen LogP contribution < -0.4 is 21.8 Å². The van der Waals surface area contributed by atoms with E-state index in [4.69, 9.17) is 0 Å². The number of imide groups is 2. The summed E-state index contributed by atoms with van der Waals surface area (Å²) in [6, 6.07) is 11.1. The Balaban J connectivity index is 1.23. The molecule has 4 N–H and O–H groups in total. The molecule has 2 aliphatic heterocycles. The monoisotopic (exact) mass is 646 g/mol. The molecule has 6 rings (SSSR count). The molecule has 0 spiro atoms. The lowest BCUT2D eigenvalue weighted by molar-refractivity contribution is -0.131. The van der Waals surface area contributed by atoms with E-state index in [0.29, 0.717) is 33.6 Å².